The smallest absolute Gasteiger partial charge is 0.248 e. The van der Waals surface area contributed by atoms with Crippen LogP contribution in [0.3, 0.4) is 0 Å². The molecule has 1 saturated heterocycles. The average Bonchev–Trinajstić information content (AvgIpc) is 3.45. The number of carbonyl (C=O) groups is 1. The van der Waals surface area contributed by atoms with Crippen LogP contribution in [0.4, 0.5) is 17.2 Å². The molecule has 6 rings (SSSR count). The molecule has 1 aliphatic rings. The molecule has 1 aliphatic heterocycles. The van der Waals surface area contributed by atoms with Crippen molar-refractivity contribution in [1.82, 2.24) is 24.5 Å². The van der Waals surface area contributed by atoms with Crippen molar-refractivity contribution < 1.29 is 9.90 Å². The molecule has 2 aromatic carbocycles. The van der Waals surface area contributed by atoms with Crippen LogP contribution in [-0.4, -0.2) is 75.3 Å². The highest BCUT2D eigenvalue weighted by Gasteiger charge is 2.21. The zero-order chi connectivity index (χ0) is 26.2. The molecule has 38 heavy (non-hydrogen) atoms. The van der Waals surface area contributed by atoms with Crippen LogP contribution in [-0.2, 0) is 4.79 Å². The Hall–Kier alpha value is -4.21. The first-order valence-corrected chi connectivity index (χ1v) is 12.8. The van der Waals surface area contributed by atoms with E-state index >= 15 is 0 Å². The monoisotopic (exact) mass is 527 g/mol. The van der Waals surface area contributed by atoms with E-state index in [0.29, 0.717) is 31.2 Å². The Kier molecular flexibility index (Phi) is 6.30. The lowest BCUT2D eigenvalue weighted by Gasteiger charge is -2.35. The number of amides is 1. The van der Waals surface area contributed by atoms with Crippen LogP contribution in [0, 0.1) is 0 Å². The number of hydrogen-bond acceptors (Lipinski definition) is 7. The molecule has 0 aliphatic carbocycles. The van der Waals surface area contributed by atoms with Crippen molar-refractivity contribution in [2.75, 3.05) is 49.6 Å². The van der Waals surface area contributed by atoms with Crippen molar-refractivity contribution in [3.05, 3.63) is 78.2 Å². The summed E-state index contributed by atoms with van der Waals surface area (Å²) in [7, 11) is 2.04. The average molecular weight is 528 g/mol. The maximum absolute atomic E-state index is 11.7. The molecule has 192 valence electrons. The molecule has 3 aromatic heterocycles. The van der Waals surface area contributed by atoms with Gasteiger partial charge in [0.25, 0.3) is 0 Å². The minimum Gasteiger partial charge on any atom is -0.387 e. The van der Waals surface area contributed by atoms with Gasteiger partial charge in [-0.1, -0.05) is 23.7 Å². The second kappa shape index (κ2) is 9.92. The van der Waals surface area contributed by atoms with Crippen LogP contribution in [0.25, 0.3) is 27.7 Å². The number of halogens is 1. The first-order chi connectivity index (χ1) is 18.5. The van der Waals surface area contributed by atoms with Gasteiger partial charge in [0, 0.05) is 67.1 Å². The third kappa shape index (κ3) is 4.40. The summed E-state index contributed by atoms with van der Waals surface area (Å²) in [5, 5.41) is 19.1. The van der Waals surface area contributed by atoms with Crippen LogP contribution in [0.5, 0.6) is 0 Å². The van der Waals surface area contributed by atoms with E-state index < -0.39 is 6.61 Å². The molecule has 0 bridgehead atoms. The molecular weight excluding hydrogens is 502 g/mol. The Balaban J connectivity index is 1.26. The third-order valence-corrected chi connectivity index (χ3v) is 7.34. The molecule has 1 N–H and O–H groups in total. The number of nitrogens with zero attached hydrogens (tertiary/aromatic N) is 7. The van der Waals surface area contributed by atoms with Gasteiger partial charge in [0.05, 0.1) is 11.2 Å². The van der Waals surface area contributed by atoms with Crippen molar-refractivity contribution in [3.8, 4) is 11.1 Å². The van der Waals surface area contributed by atoms with E-state index in [2.05, 4.69) is 44.3 Å². The fourth-order valence-electron chi connectivity index (χ4n) is 4.99. The van der Waals surface area contributed by atoms with Crippen LogP contribution in [0.15, 0.2) is 73.2 Å². The molecule has 9 nitrogen and oxygen atoms in total. The number of hydrogen-bond donors (Lipinski definition) is 1. The first-order valence-electron chi connectivity index (χ1n) is 12.4. The van der Waals surface area contributed by atoms with E-state index in [1.54, 1.807) is 11.2 Å². The van der Waals surface area contributed by atoms with Gasteiger partial charge in [-0.2, -0.15) is 0 Å². The Morgan fingerprint density at radius 3 is 2.63 bits per heavy atom. The van der Waals surface area contributed by atoms with Gasteiger partial charge in [-0.25, -0.2) is 4.98 Å². The molecule has 10 heteroatoms. The van der Waals surface area contributed by atoms with Gasteiger partial charge in [0.15, 0.2) is 5.65 Å². The molecule has 0 saturated carbocycles. The van der Waals surface area contributed by atoms with Gasteiger partial charge in [-0.3, -0.25) is 9.20 Å². The molecule has 0 spiro atoms. The van der Waals surface area contributed by atoms with E-state index in [1.807, 2.05) is 54.0 Å². The zero-order valence-corrected chi connectivity index (χ0v) is 21.6. The van der Waals surface area contributed by atoms with Crippen molar-refractivity contribution in [1.29, 1.82) is 0 Å². The summed E-state index contributed by atoms with van der Waals surface area (Å²) in [4.78, 5) is 22.4. The largest absolute Gasteiger partial charge is 0.387 e. The van der Waals surface area contributed by atoms with E-state index in [-0.39, 0.29) is 5.91 Å². The minimum atomic E-state index is -0.443. The van der Waals surface area contributed by atoms with E-state index in [4.69, 9.17) is 21.7 Å². The summed E-state index contributed by atoms with van der Waals surface area (Å²) in [6, 6.07) is 20.3. The molecule has 4 heterocycles. The van der Waals surface area contributed by atoms with Gasteiger partial charge < -0.3 is 19.8 Å². The lowest BCUT2D eigenvalue weighted by atomic mass is 10.1. The van der Waals surface area contributed by atoms with Crippen molar-refractivity contribution in [2.24, 2.45) is 0 Å². The normalized spacial score (nSPS) is 13.9. The number of rotatable bonds is 5. The molecule has 0 atom stereocenters. The topological polar surface area (TPSA) is 90.1 Å². The van der Waals surface area contributed by atoms with E-state index in [0.717, 1.165) is 44.9 Å². The van der Waals surface area contributed by atoms with Gasteiger partial charge in [0.1, 0.15) is 18.8 Å². The maximum atomic E-state index is 11.7. The van der Waals surface area contributed by atoms with Gasteiger partial charge in [-0.05, 0) is 48.0 Å². The lowest BCUT2D eigenvalue weighted by Crippen LogP contribution is -2.49. The lowest BCUT2D eigenvalue weighted by molar-refractivity contribution is -0.134. The fraction of sp³-hybridized carbons (Fsp3) is 0.214. The highest BCUT2D eigenvalue weighted by atomic mass is 35.5. The molecule has 1 fully saturated rings. The second-order valence-electron chi connectivity index (χ2n) is 9.29. The van der Waals surface area contributed by atoms with E-state index in [1.165, 1.54) is 0 Å². The van der Waals surface area contributed by atoms with Gasteiger partial charge >= 0.3 is 0 Å². The molecule has 1 amide bonds. The summed E-state index contributed by atoms with van der Waals surface area (Å²) >= 11 is 6.31. The zero-order valence-electron chi connectivity index (χ0n) is 20.8. The SMILES string of the molecule is CN(c1cccc(-c2ccc(N3CCN(C(=O)CO)CC3)nc2)c1)c1cc2nncn2c2cc(Cl)ccc12. The predicted octanol–water partition coefficient (Wildman–Crippen LogP) is 4.01. The summed E-state index contributed by atoms with van der Waals surface area (Å²) in [6.07, 6.45) is 3.59. The highest BCUT2D eigenvalue weighted by Crippen LogP contribution is 2.35. The summed E-state index contributed by atoms with van der Waals surface area (Å²) in [6.45, 7) is 2.10. The van der Waals surface area contributed by atoms with Crippen molar-refractivity contribution in [2.45, 2.75) is 0 Å². The number of piperazine rings is 1. The number of aromatic nitrogens is 4. The third-order valence-electron chi connectivity index (χ3n) is 7.10. The van der Waals surface area contributed by atoms with E-state index in [9.17, 15) is 4.79 Å². The summed E-state index contributed by atoms with van der Waals surface area (Å²) < 4.78 is 1.94. The van der Waals surface area contributed by atoms with Crippen LogP contribution >= 0.6 is 11.6 Å². The number of aliphatic hydroxyl groups is 1. The standard InChI is InChI=1S/C28H26ClN7O2/c1-33(24-15-27-32-31-18-36(27)25-14-21(29)6-7-23(24)25)22-4-2-3-19(13-22)20-5-8-26(30-16-20)34-9-11-35(12-10-34)28(38)17-37/h2-8,13-16,18,37H,9-12,17H2,1H3. The number of anilines is 3. The minimum absolute atomic E-state index is 0.226. The molecular formula is C28H26ClN7O2. The quantitative estimate of drug-likeness (QED) is 0.369. The second-order valence-corrected chi connectivity index (χ2v) is 9.73. The Morgan fingerprint density at radius 2 is 1.87 bits per heavy atom. The first kappa shape index (κ1) is 24.1. The predicted molar refractivity (Wildman–Crippen MR) is 149 cm³/mol. The highest BCUT2D eigenvalue weighted by molar-refractivity contribution is 6.31. The Morgan fingerprint density at radius 1 is 1.03 bits per heavy atom. The molecule has 5 aromatic rings. The Bertz CT molecular complexity index is 1630. The van der Waals surface area contributed by atoms with Gasteiger partial charge in [0.2, 0.25) is 5.91 Å². The summed E-state index contributed by atoms with van der Waals surface area (Å²) in [5.41, 5.74) is 5.79. The van der Waals surface area contributed by atoms with Crippen LogP contribution in [0.2, 0.25) is 5.02 Å². The van der Waals surface area contributed by atoms with Crippen LogP contribution < -0.4 is 9.80 Å². The number of fused-ring (bicyclic) bond motifs is 3. The number of carbonyl (C=O) groups excluding carboxylic acids is 1. The Labute approximate surface area is 224 Å². The fourth-order valence-corrected chi connectivity index (χ4v) is 5.15. The maximum Gasteiger partial charge on any atom is 0.248 e. The van der Waals surface area contributed by atoms with Crippen molar-refractivity contribution >= 4 is 51.3 Å². The number of aliphatic hydroxyl groups excluding tert-OH is 1. The van der Waals surface area contributed by atoms with Gasteiger partial charge in [-0.15, -0.1) is 10.2 Å². The summed E-state index contributed by atoms with van der Waals surface area (Å²) in [5.74, 6) is 0.654. The molecule has 0 radical (unpaired) electrons. The van der Waals surface area contributed by atoms with Crippen molar-refractivity contribution in [3.63, 3.8) is 0 Å². The van der Waals surface area contributed by atoms with Crippen LogP contribution in [0.1, 0.15) is 0 Å². The number of benzene rings is 2. The number of pyridine rings is 2. The molecule has 0 unspecified atom stereocenters.